The zero-order valence-electron chi connectivity index (χ0n) is 11.3. The van der Waals surface area contributed by atoms with Crippen LogP contribution in [-0.4, -0.2) is 36.6 Å². The SMILES string of the molecule is CCC1(C)CN(CC2CCC(C)C2)CCN1. The molecule has 0 aromatic carbocycles. The third-order valence-electron chi connectivity index (χ3n) is 4.65. The van der Waals surface area contributed by atoms with Crippen molar-refractivity contribution >= 4 is 0 Å². The minimum Gasteiger partial charge on any atom is -0.309 e. The molecule has 3 unspecified atom stereocenters. The van der Waals surface area contributed by atoms with Gasteiger partial charge in [-0.3, -0.25) is 4.90 Å². The number of rotatable bonds is 3. The first-order chi connectivity index (χ1) is 7.61. The fourth-order valence-corrected chi connectivity index (χ4v) is 3.39. The summed E-state index contributed by atoms with van der Waals surface area (Å²) in [5, 5.41) is 3.67. The van der Waals surface area contributed by atoms with Gasteiger partial charge in [-0.25, -0.2) is 0 Å². The van der Waals surface area contributed by atoms with Crippen LogP contribution < -0.4 is 5.32 Å². The number of piperazine rings is 1. The molecular formula is C14H28N2. The third-order valence-corrected chi connectivity index (χ3v) is 4.65. The molecule has 1 saturated carbocycles. The minimum absolute atomic E-state index is 0.364. The van der Waals surface area contributed by atoms with E-state index in [0.717, 1.165) is 11.8 Å². The first-order valence-electron chi connectivity index (χ1n) is 7.09. The van der Waals surface area contributed by atoms with Crippen LogP contribution >= 0.6 is 0 Å². The smallest absolute Gasteiger partial charge is 0.0278 e. The predicted octanol–water partition coefficient (Wildman–Crippen LogP) is 2.50. The molecule has 0 bridgehead atoms. The predicted molar refractivity (Wildman–Crippen MR) is 69.6 cm³/mol. The summed E-state index contributed by atoms with van der Waals surface area (Å²) in [6, 6.07) is 0. The van der Waals surface area contributed by atoms with Crippen LogP contribution in [0.15, 0.2) is 0 Å². The van der Waals surface area contributed by atoms with Crippen molar-refractivity contribution in [2.24, 2.45) is 11.8 Å². The first-order valence-corrected chi connectivity index (χ1v) is 7.09. The summed E-state index contributed by atoms with van der Waals surface area (Å²) < 4.78 is 0. The summed E-state index contributed by atoms with van der Waals surface area (Å²) in [4.78, 5) is 2.70. The molecule has 0 amide bonds. The average molecular weight is 224 g/mol. The molecule has 1 aliphatic heterocycles. The van der Waals surface area contributed by atoms with Gasteiger partial charge in [-0.1, -0.05) is 20.3 Å². The van der Waals surface area contributed by atoms with Gasteiger partial charge in [0.15, 0.2) is 0 Å². The monoisotopic (exact) mass is 224 g/mol. The molecule has 0 aromatic rings. The fraction of sp³-hybridized carbons (Fsp3) is 1.00. The van der Waals surface area contributed by atoms with E-state index in [0.29, 0.717) is 5.54 Å². The van der Waals surface area contributed by atoms with Crippen LogP contribution in [0.3, 0.4) is 0 Å². The molecule has 0 aromatic heterocycles. The number of hydrogen-bond acceptors (Lipinski definition) is 2. The van der Waals surface area contributed by atoms with Crippen molar-refractivity contribution in [2.45, 2.75) is 52.0 Å². The number of nitrogens with zero attached hydrogens (tertiary/aromatic N) is 1. The zero-order valence-corrected chi connectivity index (χ0v) is 11.3. The van der Waals surface area contributed by atoms with E-state index in [1.807, 2.05) is 0 Å². The quantitative estimate of drug-likeness (QED) is 0.792. The van der Waals surface area contributed by atoms with Gasteiger partial charge in [0.25, 0.3) is 0 Å². The van der Waals surface area contributed by atoms with Crippen LogP contribution in [0.4, 0.5) is 0 Å². The Morgan fingerprint density at radius 1 is 1.38 bits per heavy atom. The van der Waals surface area contributed by atoms with Crippen molar-refractivity contribution in [3.63, 3.8) is 0 Å². The second-order valence-corrected chi connectivity index (χ2v) is 6.36. The molecule has 1 aliphatic carbocycles. The molecule has 94 valence electrons. The van der Waals surface area contributed by atoms with E-state index in [-0.39, 0.29) is 0 Å². The molecule has 2 fully saturated rings. The van der Waals surface area contributed by atoms with E-state index >= 15 is 0 Å². The van der Waals surface area contributed by atoms with Crippen LogP contribution in [0, 0.1) is 11.8 Å². The van der Waals surface area contributed by atoms with E-state index < -0.39 is 0 Å². The molecule has 2 heteroatoms. The van der Waals surface area contributed by atoms with E-state index in [1.165, 1.54) is 51.9 Å². The summed E-state index contributed by atoms with van der Waals surface area (Å²) in [5.74, 6) is 1.96. The molecule has 1 heterocycles. The van der Waals surface area contributed by atoms with Gasteiger partial charge in [-0.2, -0.15) is 0 Å². The highest BCUT2D eigenvalue weighted by Gasteiger charge is 2.31. The Hall–Kier alpha value is -0.0800. The van der Waals surface area contributed by atoms with Crippen molar-refractivity contribution in [1.82, 2.24) is 10.2 Å². The summed E-state index contributed by atoms with van der Waals surface area (Å²) in [6.07, 6.45) is 5.63. The van der Waals surface area contributed by atoms with Crippen LogP contribution in [0.2, 0.25) is 0 Å². The Balaban J connectivity index is 1.81. The van der Waals surface area contributed by atoms with Crippen molar-refractivity contribution < 1.29 is 0 Å². The second kappa shape index (κ2) is 5.05. The van der Waals surface area contributed by atoms with Gasteiger partial charge < -0.3 is 5.32 Å². The van der Waals surface area contributed by atoms with Crippen LogP contribution in [0.1, 0.15) is 46.5 Å². The van der Waals surface area contributed by atoms with E-state index in [9.17, 15) is 0 Å². The standard InChI is InChI=1S/C14H28N2/c1-4-14(3)11-16(8-7-15-14)10-13-6-5-12(2)9-13/h12-13,15H,4-11H2,1-3H3. The Morgan fingerprint density at radius 2 is 2.19 bits per heavy atom. The summed E-state index contributed by atoms with van der Waals surface area (Å²) in [5.41, 5.74) is 0.364. The Labute approximate surface area is 101 Å². The van der Waals surface area contributed by atoms with Crippen LogP contribution in [0.5, 0.6) is 0 Å². The van der Waals surface area contributed by atoms with Gasteiger partial charge in [-0.15, -0.1) is 0 Å². The molecule has 0 radical (unpaired) electrons. The Kier molecular flexibility index (Phi) is 3.91. The van der Waals surface area contributed by atoms with Crippen molar-refractivity contribution in [3.05, 3.63) is 0 Å². The van der Waals surface area contributed by atoms with Gasteiger partial charge in [0.05, 0.1) is 0 Å². The maximum absolute atomic E-state index is 3.67. The highest BCUT2D eigenvalue weighted by Crippen LogP contribution is 2.31. The van der Waals surface area contributed by atoms with Crippen LogP contribution in [-0.2, 0) is 0 Å². The minimum atomic E-state index is 0.364. The lowest BCUT2D eigenvalue weighted by atomic mass is 9.95. The summed E-state index contributed by atoms with van der Waals surface area (Å²) in [6.45, 7) is 12.1. The van der Waals surface area contributed by atoms with E-state index in [4.69, 9.17) is 0 Å². The highest BCUT2D eigenvalue weighted by molar-refractivity contribution is 4.90. The van der Waals surface area contributed by atoms with Gasteiger partial charge in [0, 0.05) is 31.7 Å². The largest absolute Gasteiger partial charge is 0.309 e. The van der Waals surface area contributed by atoms with Gasteiger partial charge in [0.2, 0.25) is 0 Å². The lowest BCUT2D eigenvalue weighted by Gasteiger charge is -2.42. The molecule has 16 heavy (non-hydrogen) atoms. The molecule has 2 aliphatic rings. The molecule has 1 N–H and O–H groups in total. The first kappa shape index (κ1) is 12.4. The topological polar surface area (TPSA) is 15.3 Å². The van der Waals surface area contributed by atoms with Crippen molar-refractivity contribution in [1.29, 1.82) is 0 Å². The number of hydrogen-bond donors (Lipinski definition) is 1. The molecule has 0 spiro atoms. The van der Waals surface area contributed by atoms with Crippen molar-refractivity contribution in [3.8, 4) is 0 Å². The maximum atomic E-state index is 3.67. The van der Waals surface area contributed by atoms with Crippen LogP contribution in [0.25, 0.3) is 0 Å². The Morgan fingerprint density at radius 3 is 2.81 bits per heavy atom. The molecule has 3 atom stereocenters. The zero-order chi connectivity index (χ0) is 11.6. The maximum Gasteiger partial charge on any atom is 0.0278 e. The lowest BCUT2D eigenvalue weighted by molar-refractivity contribution is 0.122. The van der Waals surface area contributed by atoms with Gasteiger partial charge >= 0.3 is 0 Å². The summed E-state index contributed by atoms with van der Waals surface area (Å²) in [7, 11) is 0. The summed E-state index contributed by atoms with van der Waals surface area (Å²) >= 11 is 0. The molecule has 2 rings (SSSR count). The normalized spacial score (nSPS) is 41.4. The fourth-order valence-electron chi connectivity index (χ4n) is 3.39. The van der Waals surface area contributed by atoms with Gasteiger partial charge in [0.1, 0.15) is 0 Å². The van der Waals surface area contributed by atoms with Crippen molar-refractivity contribution in [2.75, 3.05) is 26.2 Å². The van der Waals surface area contributed by atoms with Gasteiger partial charge in [-0.05, 0) is 38.0 Å². The average Bonchev–Trinajstić information content (AvgIpc) is 2.64. The number of nitrogens with one attached hydrogen (secondary N) is 1. The molecule has 2 nitrogen and oxygen atoms in total. The lowest BCUT2D eigenvalue weighted by Crippen LogP contribution is -2.58. The second-order valence-electron chi connectivity index (χ2n) is 6.36. The van der Waals surface area contributed by atoms with E-state index in [2.05, 4.69) is 31.0 Å². The highest BCUT2D eigenvalue weighted by atomic mass is 15.2. The Bertz CT molecular complexity index is 229. The molecular weight excluding hydrogens is 196 g/mol. The molecule has 1 saturated heterocycles. The third kappa shape index (κ3) is 2.98. The van der Waals surface area contributed by atoms with E-state index in [1.54, 1.807) is 0 Å².